The molecule has 1 aliphatic heterocycles. The van der Waals surface area contributed by atoms with Crippen LogP contribution in [-0.4, -0.2) is 40.8 Å². The molecule has 0 bridgehead atoms. The quantitative estimate of drug-likeness (QED) is 0.928. The fourth-order valence-corrected chi connectivity index (χ4v) is 2.26. The number of rotatable bonds is 3. The molecule has 1 aliphatic carbocycles. The predicted molar refractivity (Wildman–Crippen MR) is 82.3 cm³/mol. The molecule has 6 heteroatoms. The molecule has 1 aromatic rings. The van der Waals surface area contributed by atoms with Crippen molar-refractivity contribution < 1.29 is 13.6 Å². The van der Waals surface area contributed by atoms with Gasteiger partial charge in [0.2, 0.25) is 0 Å². The van der Waals surface area contributed by atoms with Gasteiger partial charge in [-0.2, -0.15) is 0 Å². The molecule has 1 amide bonds. The van der Waals surface area contributed by atoms with Crippen LogP contribution in [0.3, 0.4) is 0 Å². The van der Waals surface area contributed by atoms with Gasteiger partial charge in [-0.25, -0.2) is 13.8 Å². The van der Waals surface area contributed by atoms with Gasteiger partial charge in [-0.05, 0) is 25.0 Å². The molecule has 1 N–H and O–H groups in total. The van der Waals surface area contributed by atoms with E-state index in [9.17, 15) is 13.6 Å². The number of halogens is 2. The van der Waals surface area contributed by atoms with Crippen LogP contribution in [0.2, 0.25) is 0 Å². The van der Waals surface area contributed by atoms with E-state index in [0.717, 1.165) is 18.7 Å². The van der Waals surface area contributed by atoms with Gasteiger partial charge in [0.1, 0.15) is 5.82 Å². The summed E-state index contributed by atoms with van der Waals surface area (Å²) >= 11 is 0. The van der Waals surface area contributed by atoms with Gasteiger partial charge in [-0.15, -0.1) is 0 Å². The molecule has 0 aromatic carbocycles. The topological polar surface area (TPSA) is 45.2 Å². The summed E-state index contributed by atoms with van der Waals surface area (Å²) in [5.41, 5.74) is 0.455. The van der Waals surface area contributed by atoms with E-state index in [1.807, 2.05) is 13.8 Å². The van der Waals surface area contributed by atoms with Crippen LogP contribution in [0.25, 0.3) is 0 Å². The SMILES string of the molecule is CC.O=C(c1ccc(NC2CC2)nc1)N1CCC(F)(F)CC1. The molecule has 2 heterocycles. The standard InChI is InChI=1S/C14H17F2N3O.C2H6/c15-14(16)5-7-19(8-6-14)13(20)10-1-4-12(17-9-10)18-11-2-3-11;1-2/h1,4,9,11H,2-3,5-8H2,(H,17,18);1-2H3. The summed E-state index contributed by atoms with van der Waals surface area (Å²) in [5.74, 6) is -2.09. The zero-order valence-electron chi connectivity index (χ0n) is 13.1. The molecule has 1 saturated carbocycles. The summed E-state index contributed by atoms with van der Waals surface area (Å²) in [7, 11) is 0. The van der Waals surface area contributed by atoms with Gasteiger partial charge in [0.15, 0.2) is 0 Å². The lowest BCUT2D eigenvalue weighted by Crippen LogP contribution is -2.42. The lowest BCUT2D eigenvalue weighted by atomic mass is 10.1. The Hall–Kier alpha value is -1.72. The van der Waals surface area contributed by atoms with Gasteiger partial charge in [0.25, 0.3) is 11.8 Å². The second kappa shape index (κ2) is 7.03. The Balaban J connectivity index is 0.000000847. The Morgan fingerprint density at radius 1 is 1.27 bits per heavy atom. The van der Waals surface area contributed by atoms with Gasteiger partial charge >= 0.3 is 0 Å². The first-order valence-electron chi connectivity index (χ1n) is 7.93. The van der Waals surface area contributed by atoms with E-state index in [4.69, 9.17) is 0 Å². The molecule has 22 heavy (non-hydrogen) atoms. The molecule has 122 valence electrons. The highest BCUT2D eigenvalue weighted by molar-refractivity contribution is 5.94. The number of carbonyl (C=O) groups excluding carboxylic acids is 1. The van der Waals surface area contributed by atoms with Gasteiger partial charge < -0.3 is 10.2 Å². The number of likely N-dealkylation sites (tertiary alicyclic amines) is 1. The first-order chi connectivity index (χ1) is 10.5. The van der Waals surface area contributed by atoms with E-state index < -0.39 is 5.92 Å². The lowest BCUT2D eigenvalue weighted by Gasteiger charge is -2.31. The summed E-state index contributed by atoms with van der Waals surface area (Å²) < 4.78 is 26.1. The third-order valence-electron chi connectivity index (χ3n) is 3.72. The van der Waals surface area contributed by atoms with Crippen molar-refractivity contribution in [1.82, 2.24) is 9.88 Å². The normalized spacial score (nSPS) is 19.9. The van der Waals surface area contributed by atoms with Gasteiger partial charge in [-0.1, -0.05) is 13.8 Å². The minimum atomic E-state index is -2.63. The van der Waals surface area contributed by atoms with Crippen molar-refractivity contribution in [2.24, 2.45) is 0 Å². The van der Waals surface area contributed by atoms with Crippen molar-refractivity contribution in [3.63, 3.8) is 0 Å². The van der Waals surface area contributed by atoms with Crippen molar-refractivity contribution in [1.29, 1.82) is 0 Å². The number of aromatic nitrogens is 1. The third-order valence-corrected chi connectivity index (χ3v) is 3.72. The van der Waals surface area contributed by atoms with Crippen molar-refractivity contribution in [2.75, 3.05) is 18.4 Å². The maximum atomic E-state index is 13.1. The minimum absolute atomic E-state index is 0.105. The van der Waals surface area contributed by atoms with E-state index in [2.05, 4.69) is 10.3 Å². The fourth-order valence-electron chi connectivity index (χ4n) is 2.26. The van der Waals surface area contributed by atoms with E-state index in [0.29, 0.717) is 11.6 Å². The Kier molecular flexibility index (Phi) is 5.32. The molecule has 0 atom stereocenters. The molecule has 0 radical (unpaired) electrons. The minimum Gasteiger partial charge on any atom is -0.367 e. The van der Waals surface area contributed by atoms with E-state index in [1.54, 1.807) is 12.1 Å². The highest BCUT2D eigenvalue weighted by atomic mass is 19.3. The van der Waals surface area contributed by atoms with Crippen molar-refractivity contribution in [3.8, 4) is 0 Å². The summed E-state index contributed by atoms with van der Waals surface area (Å²) in [4.78, 5) is 17.8. The lowest BCUT2D eigenvalue weighted by molar-refractivity contribution is -0.0494. The average molecular weight is 311 g/mol. The number of carbonyl (C=O) groups is 1. The Morgan fingerprint density at radius 3 is 2.41 bits per heavy atom. The molecule has 2 aliphatic rings. The molecule has 0 unspecified atom stereocenters. The highest BCUT2D eigenvalue weighted by Crippen LogP contribution is 2.28. The first kappa shape index (κ1) is 16.6. The van der Waals surface area contributed by atoms with Crippen LogP contribution >= 0.6 is 0 Å². The average Bonchev–Trinajstić information content (AvgIpc) is 3.33. The first-order valence-corrected chi connectivity index (χ1v) is 7.93. The smallest absolute Gasteiger partial charge is 0.255 e. The molecule has 1 saturated heterocycles. The Morgan fingerprint density at radius 2 is 1.91 bits per heavy atom. The summed E-state index contributed by atoms with van der Waals surface area (Å²) in [6.07, 6.45) is 3.31. The molecule has 4 nitrogen and oxygen atoms in total. The molecular weight excluding hydrogens is 288 g/mol. The van der Waals surface area contributed by atoms with Gasteiger partial charge in [0, 0.05) is 38.2 Å². The van der Waals surface area contributed by atoms with Crippen molar-refractivity contribution in [2.45, 2.75) is 51.5 Å². The number of pyridine rings is 1. The number of nitrogens with zero attached hydrogens (tertiary/aromatic N) is 2. The number of hydrogen-bond donors (Lipinski definition) is 1. The van der Waals surface area contributed by atoms with Crippen LogP contribution in [-0.2, 0) is 0 Å². The maximum Gasteiger partial charge on any atom is 0.255 e. The number of piperidine rings is 1. The summed E-state index contributed by atoms with van der Waals surface area (Å²) in [6.45, 7) is 4.21. The van der Waals surface area contributed by atoms with E-state index in [1.165, 1.54) is 11.1 Å². The number of alkyl halides is 2. The zero-order valence-corrected chi connectivity index (χ0v) is 13.1. The number of amides is 1. The van der Waals surface area contributed by atoms with Crippen LogP contribution in [0, 0.1) is 0 Å². The Bertz CT molecular complexity index is 491. The fraction of sp³-hybridized carbons (Fsp3) is 0.625. The number of hydrogen-bond acceptors (Lipinski definition) is 3. The monoisotopic (exact) mass is 311 g/mol. The van der Waals surface area contributed by atoms with Crippen LogP contribution in [0.1, 0.15) is 49.9 Å². The zero-order chi connectivity index (χ0) is 16.2. The highest BCUT2D eigenvalue weighted by Gasteiger charge is 2.35. The molecule has 3 rings (SSSR count). The molecule has 1 aromatic heterocycles. The van der Waals surface area contributed by atoms with Crippen molar-refractivity contribution in [3.05, 3.63) is 23.9 Å². The van der Waals surface area contributed by atoms with Crippen LogP contribution in [0.15, 0.2) is 18.3 Å². The van der Waals surface area contributed by atoms with E-state index >= 15 is 0 Å². The van der Waals surface area contributed by atoms with Crippen molar-refractivity contribution >= 4 is 11.7 Å². The second-order valence-corrected chi connectivity index (χ2v) is 5.50. The second-order valence-electron chi connectivity index (χ2n) is 5.50. The van der Waals surface area contributed by atoms with E-state index in [-0.39, 0.29) is 31.8 Å². The van der Waals surface area contributed by atoms with Crippen LogP contribution in [0.4, 0.5) is 14.6 Å². The molecular formula is C16H23F2N3O. The summed E-state index contributed by atoms with van der Waals surface area (Å²) in [6, 6.07) is 3.98. The Labute approximate surface area is 129 Å². The predicted octanol–water partition coefficient (Wildman–Crippen LogP) is 3.55. The largest absolute Gasteiger partial charge is 0.367 e. The number of anilines is 1. The number of nitrogens with one attached hydrogen (secondary N) is 1. The van der Waals surface area contributed by atoms with Crippen LogP contribution < -0.4 is 5.32 Å². The van der Waals surface area contributed by atoms with Gasteiger partial charge in [-0.3, -0.25) is 4.79 Å². The summed E-state index contributed by atoms with van der Waals surface area (Å²) in [5, 5.41) is 3.24. The van der Waals surface area contributed by atoms with Crippen LogP contribution in [0.5, 0.6) is 0 Å². The third kappa shape index (κ3) is 4.39. The molecule has 2 fully saturated rings. The molecule has 0 spiro atoms. The van der Waals surface area contributed by atoms with Gasteiger partial charge in [0.05, 0.1) is 5.56 Å². The maximum absolute atomic E-state index is 13.1.